The van der Waals surface area contributed by atoms with Crippen LogP contribution in [0.15, 0.2) is 30.3 Å². The third-order valence-electron chi connectivity index (χ3n) is 2.74. The quantitative estimate of drug-likeness (QED) is 0.567. The molecule has 3 rings (SSSR count). The van der Waals surface area contributed by atoms with Crippen molar-refractivity contribution >= 4 is 45.6 Å². The number of anilines is 1. The van der Waals surface area contributed by atoms with Crippen LogP contribution in [0.4, 0.5) is 11.6 Å². The summed E-state index contributed by atoms with van der Waals surface area (Å²) in [6.45, 7) is 0.597. The number of aromatic nitrogens is 2. The molecule has 1 aromatic carbocycles. The highest BCUT2D eigenvalue weighted by molar-refractivity contribution is 7.16. The zero-order valence-electron chi connectivity index (χ0n) is 10.1. The van der Waals surface area contributed by atoms with Crippen LogP contribution in [-0.2, 0) is 6.54 Å². The van der Waals surface area contributed by atoms with Crippen LogP contribution in [0, 0.1) is 10.1 Å². The summed E-state index contributed by atoms with van der Waals surface area (Å²) < 4.78 is 0.738. The van der Waals surface area contributed by atoms with Gasteiger partial charge in [-0.25, -0.2) is 4.98 Å². The maximum absolute atomic E-state index is 10.7. The molecule has 3 aromatic rings. The molecule has 0 unspecified atom stereocenters. The Bertz CT molecular complexity index is 783. The van der Waals surface area contributed by atoms with Crippen molar-refractivity contribution in [3.63, 3.8) is 0 Å². The zero-order valence-corrected chi connectivity index (χ0v) is 11.7. The molecule has 0 aliphatic heterocycles. The molecule has 0 fully saturated rings. The molecule has 0 saturated heterocycles. The summed E-state index contributed by atoms with van der Waals surface area (Å²) in [7, 11) is 0. The number of hydrogen-bond donors (Lipinski definition) is 2. The number of halogens is 1. The van der Waals surface area contributed by atoms with Crippen LogP contribution < -0.4 is 5.32 Å². The lowest BCUT2D eigenvalue weighted by atomic mass is 10.3. The lowest BCUT2D eigenvalue weighted by Crippen LogP contribution is -1.98. The van der Waals surface area contributed by atoms with E-state index in [0.29, 0.717) is 23.5 Å². The second kappa shape index (κ2) is 5.10. The van der Waals surface area contributed by atoms with Crippen LogP contribution in [0.2, 0.25) is 4.34 Å². The number of thiophene rings is 1. The molecule has 0 bridgehead atoms. The van der Waals surface area contributed by atoms with Crippen molar-refractivity contribution in [1.29, 1.82) is 0 Å². The second-order valence-electron chi connectivity index (χ2n) is 4.10. The van der Waals surface area contributed by atoms with E-state index in [9.17, 15) is 10.1 Å². The molecule has 2 aromatic heterocycles. The smallest absolute Gasteiger partial charge is 0.271 e. The summed E-state index contributed by atoms with van der Waals surface area (Å²) in [5.74, 6) is 0.574. The summed E-state index contributed by atoms with van der Waals surface area (Å²) >= 11 is 7.35. The highest BCUT2D eigenvalue weighted by atomic mass is 35.5. The number of nitrogens with one attached hydrogen (secondary N) is 2. The highest BCUT2D eigenvalue weighted by Crippen LogP contribution is 2.23. The molecule has 0 aliphatic rings. The largest absolute Gasteiger partial charge is 0.351 e. The van der Waals surface area contributed by atoms with Crippen LogP contribution >= 0.6 is 22.9 Å². The Labute approximate surface area is 122 Å². The molecule has 0 atom stereocenters. The first kappa shape index (κ1) is 12.9. The molecule has 0 saturated carbocycles. The molecule has 20 heavy (non-hydrogen) atoms. The minimum absolute atomic E-state index is 0.0396. The van der Waals surface area contributed by atoms with Gasteiger partial charge in [0.15, 0.2) is 0 Å². The number of imidazole rings is 1. The van der Waals surface area contributed by atoms with E-state index >= 15 is 0 Å². The van der Waals surface area contributed by atoms with Gasteiger partial charge in [-0.3, -0.25) is 10.1 Å². The minimum Gasteiger partial charge on any atom is -0.351 e. The normalized spacial score (nSPS) is 10.8. The van der Waals surface area contributed by atoms with E-state index < -0.39 is 4.92 Å². The van der Waals surface area contributed by atoms with Crippen molar-refractivity contribution < 1.29 is 4.92 Å². The Morgan fingerprint density at radius 2 is 2.25 bits per heavy atom. The van der Waals surface area contributed by atoms with Gasteiger partial charge in [0.2, 0.25) is 5.95 Å². The van der Waals surface area contributed by atoms with Crippen molar-refractivity contribution in [3.8, 4) is 0 Å². The highest BCUT2D eigenvalue weighted by Gasteiger charge is 2.09. The first-order valence-corrected chi connectivity index (χ1v) is 6.93. The van der Waals surface area contributed by atoms with E-state index in [4.69, 9.17) is 11.6 Å². The average molecular weight is 309 g/mol. The molecule has 102 valence electrons. The summed E-state index contributed by atoms with van der Waals surface area (Å²) in [6.07, 6.45) is 0. The van der Waals surface area contributed by atoms with Gasteiger partial charge in [-0.2, -0.15) is 0 Å². The summed E-state index contributed by atoms with van der Waals surface area (Å²) in [6, 6.07) is 8.30. The van der Waals surface area contributed by atoms with E-state index in [0.717, 1.165) is 9.21 Å². The van der Waals surface area contributed by atoms with Gasteiger partial charge in [0.05, 0.1) is 26.8 Å². The van der Waals surface area contributed by atoms with Crippen molar-refractivity contribution in [2.45, 2.75) is 6.54 Å². The van der Waals surface area contributed by atoms with Gasteiger partial charge in [-0.1, -0.05) is 11.6 Å². The number of H-pyrrole nitrogens is 1. The Morgan fingerprint density at radius 1 is 1.40 bits per heavy atom. The van der Waals surface area contributed by atoms with Crippen LogP contribution in [0.25, 0.3) is 11.0 Å². The fourth-order valence-electron chi connectivity index (χ4n) is 1.81. The third kappa shape index (κ3) is 2.59. The average Bonchev–Trinajstić information content (AvgIpc) is 3.00. The number of nitro groups is 1. The molecule has 0 spiro atoms. The van der Waals surface area contributed by atoms with Crippen molar-refractivity contribution in [2.24, 2.45) is 0 Å². The molecular weight excluding hydrogens is 300 g/mol. The maximum atomic E-state index is 10.7. The molecule has 0 aliphatic carbocycles. The van der Waals surface area contributed by atoms with Gasteiger partial charge in [0.1, 0.15) is 0 Å². The molecule has 8 heteroatoms. The van der Waals surface area contributed by atoms with E-state index in [1.165, 1.54) is 23.5 Å². The fraction of sp³-hybridized carbons (Fsp3) is 0.0833. The number of fused-ring (bicyclic) bond motifs is 1. The fourth-order valence-corrected chi connectivity index (χ4v) is 2.84. The maximum Gasteiger partial charge on any atom is 0.271 e. The number of nitro benzene ring substituents is 1. The predicted molar refractivity (Wildman–Crippen MR) is 79.4 cm³/mol. The van der Waals surface area contributed by atoms with Gasteiger partial charge in [0, 0.05) is 17.0 Å². The molecule has 2 heterocycles. The molecule has 6 nitrogen and oxygen atoms in total. The van der Waals surface area contributed by atoms with Gasteiger partial charge in [-0.05, 0) is 18.2 Å². The number of aromatic amines is 1. The van der Waals surface area contributed by atoms with Crippen LogP contribution in [0.3, 0.4) is 0 Å². The minimum atomic E-state index is -0.430. The first-order chi connectivity index (χ1) is 9.61. The van der Waals surface area contributed by atoms with Gasteiger partial charge in [-0.15, -0.1) is 11.3 Å². The summed E-state index contributed by atoms with van der Waals surface area (Å²) in [5, 5.41) is 13.8. The topological polar surface area (TPSA) is 83.8 Å². The first-order valence-electron chi connectivity index (χ1n) is 5.74. The molecule has 0 radical (unpaired) electrons. The number of nitrogens with zero attached hydrogens (tertiary/aromatic N) is 2. The Morgan fingerprint density at radius 3 is 2.95 bits per heavy atom. The van der Waals surface area contributed by atoms with Crippen molar-refractivity contribution in [3.05, 3.63) is 49.7 Å². The van der Waals surface area contributed by atoms with Crippen molar-refractivity contribution in [1.82, 2.24) is 9.97 Å². The lowest BCUT2D eigenvalue weighted by molar-refractivity contribution is -0.384. The predicted octanol–water partition coefficient (Wildman–Crippen LogP) is 3.80. The van der Waals surface area contributed by atoms with E-state index in [2.05, 4.69) is 15.3 Å². The lowest BCUT2D eigenvalue weighted by Gasteiger charge is -1.98. The molecule has 2 N–H and O–H groups in total. The van der Waals surface area contributed by atoms with Crippen LogP contribution in [-0.4, -0.2) is 14.9 Å². The number of hydrogen-bond acceptors (Lipinski definition) is 5. The summed E-state index contributed by atoms with van der Waals surface area (Å²) in [5.41, 5.74) is 1.35. The second-order valence-corrected chi connectivity index (χ2v) is 5.90. The number of benzene rings is 1. The zero-order chi connectivity index (χ0) is 14.1. The van der Waals surface area contributed by atoms with Gasteiger partial charge >= 0.3 is 0 Å². The van der Waals surface area contributed by atoms with E-state index in [1.807, 2.05) is 12.1 Å². The Balaban J connectivity index is 1.80. The third-order valence-corrected chi connectivity index (χ3v) is 3.97. The van der Waals surface area contributed by atoms with Crippen LogP contribution in [0.1, 0.15) is 4.88 Å². The molecular formula is C12H9ClN4O2S. The van der Waals surface area contributed by atoms with Gasteiger partial charge < -0.3 is 10.3 Å². The standard InChI is InChI=1S/C12H9ClN4O2S/c13-11-4-2-8(20-11)6-14-12-15-9-3-1-7(17(18)19)5-10(9)16-12/h1-5H,6H2,(H2,14,15,16). The number of rotatable bonds is 4. The Hall–Kier alpha value is -2.12. The number of non-ortho nitro benzene ring substituents is 1. The van der Waals surface area contributed by atoms with Gasteiger partial charge in [0.25, 0.3) is 5.69 Å². The Kier molecular flexibility index (Phi) is 3.29. The SMILES string of the molecule is O=[N+]([O-])c1ccc2nc(NCc3ccc(Cl)s3)[nH]c2c1. The van der Waals surface area contributed by atoms with Crippen LogP contribution in [0.5, 0.6) is 0 Å². The van der Waals surface area contributed by atoms with E-state index in [1.54, 1.807) is 6.07 Å². The molecule has 0 amide bonds. The monoisotopic (exact) mass is 308 g/mol. The van der Waals surface area contributed by atoms with E-state index in [-0.39, 0.29) is 5.69 Å². The summed E-state index contributed by atoms with van der Waals surface area (Å²) in [4.78, 5) is 18.7. The van der Waals surface area contributed by atoms with Crippen molar-refractivity contribution in [2.75, 3.05) is 5.32 Å².